The molecule has 17 heavy (non-hydrogen) atoms. The summed E-state index contributed by atoms with van der Waals surface area (Å²) in [7, 11) is 0. The van der Waals surface area contributed by atoms with Gasteiger partial charge in [0.15, 0.2) is 0 Å². The van der Waals surface area contributed by atoms with Crippen LogP contribution in [-0.2, 0) is 4.79 Å². The fourth-order valence-electron chi connectivity index (χ4n) is 1.34. The summed E-state index contributed by atoms with van der Waals surface area (Å²) in [5, 5.41) is 2.78. The van der Waals surface area contributed by atoms with Crippen LogP contribution in [-0.4, -0.2) is 18.1 Å². The monoisotopic (exact) mass is 236 g/mol. The highest BCUT2D eigenvalue weighted by Crippen LogP contribution is 2.24. The second-order valence-corrected chi connectivity index (χ2v) is 4.17. The fraction of sp³-hybridized carbons (Fsp3) is 0.462. The van der Waals surface area contributed by atoms with Crippen LogP contribution in [0.5, 0.6) is 5.75 Å². The summed E-state index contributed by atoms with van der Waals surface area (Å²) in [5.74, 6) is 0.478. The minimum atomic E-state index is -0.484. The maximum Gasteiger partial charge on any atom is 0.241 e. The van der Waals surface area contributed by atoms with E-state index in [0.717, 1.165) is 0 Å². The number of amides is 1. The Morgan fingerprint density at radius 3 is 2.65 bits per heavy atom. The zero-order valence-electron chi connectivity index (χ0n) is 10.6. The van der Waals surface area contributed by atoms with Crippen molar-refractivity contribution in [3.63, 3.8) is 0 Å². The van der Waals surface area contributed by atoms with Gasteiger partial charge < -0.3 is 15.8 Å². The van der Waals surface area contributed by atoms with Crippen LogP contribution in [0, 0.1) is 0 Å². The van der Waals surface area contributed by atoms with Gasteiger partial charge in [-0.15, -0.1) is 0 Å². The summed E-state index contributed by atoms with van der Waals surface area (Å²) in [6.45, 7) is 5.76. The SMILES string of the molecule is CC[C@H](N)C(=O)Nc1ccccc1OC(C)C. The molecule has 1 rings (SSSR count). The number of carbonyl (C=O) groups is 1. The highest BCUT2D eigenvalue weighted by molar-refractivity contribution is 5.95. The third-order valence-corrected chi connectivity index (χ3v) is 2.28. The van der Waals surface area contributed by atoms with Crippen molar-refractivity contribution >= 4 is 11.6 Å². The third-order valence-electron chi connectivity index (χ3n) is 2.28. The molecular formula is C13H20N2O2. The number of anilines is 1. The average molecular weight is 236 g/mol. The molecule has 0 spiro atoms. The first-order valence-corrected chi connectivity index (χ1v) is 5.86. The molecule has 94 valence electrons. The Balaban J connectivity index is 2.79. The molecule has 1 amide bonds. The smallest absolute Gasteiger partial charge is 0.241 e. The maximum atomic E-state index is 11.7. The van der Waals surface area contributed by atoms with Crippen molar-refractivity contribution in [2.24, 2.45) is 5.73 Å². The Bertz CT molecular complexity index is 377. The van der Waals surface area contributed by atoms with Crippen molar-refractivity contribution in [1.82, 2.24) is 0 Å². The molecule has 1 aromatic rings. The summed E-state index contributed by atoms with van der Waals surface area (Å²) in [4.78, 5) is 11.7. The predicted molar refractivity (Wildman–Crippen MR) is 69.1 cm³/mol. The molecule has 0 unspecified atom stereocenters. The molecule has 0 aliphatic carbocycles. The zero-order chi connectivity index (χ0) is 12.8. The summed E-state index contributed by atoms with van der Waals surface area (Å²) in [5.41, 5.74) is 6.32. The number of carbonyl (C=O) groups excluding carboxylic acids is 1. The quantitative estimate of drug-likeness (QED) is 0.823. The lowest BCUT2D eigenvalue weighted by Gasteiger charge is -2.16. The minimum Gasteiger partial charge on any atom is -0.489 e. The number of hydrogen-bond acceptors (Lipinski definition) is 3. The number of nitrogens with two attached hydrogens (primary N) is 1. The number of hydrogen-bond donors (Lipinski definition) is 2. The molecule has 4 nitrogen and oxygen atoms in total. The van der Waals surface area contributed by atoms with E-state index in [2.05, 4.69) is 5.32 Å². The van der Waals surface area contributed by atoms with Crippen molar-refractivity contribution in [2.75, 3.05) is 5.32 Å². The second kappa shape index (κ2) is 6.25. The van der Waals surface area contributed by atoms with E-state index in [9.17, 15) is 4.79 Å². The molecule has 0 saturated carbocycles. The molecule has 1 atom stereocenters. The topological polar surface area (TPSA) is 64.4 Å². The standard InChI is InChI=1S/C13H20N2O2/c1-4-10(14)13(16)15-11-7-5-6-8-12(11)17-9(2)3/h5-10H,4,14H2,1-3H3,(H,15,16)/t10-/m0/s1. The maximum absolute atomic E-state index is 11.7. The molecule has 0 radical (unpaired) electrons. The Morgan fingerprint density at radius 1 is 1.41 bits per heavy atom. The van der Waals surface area contributed by atoms with Gasteiger partial charge >= 0.3 is 0 Å². The first-order chi connectivity index (χ1) is 8.04. The van der Waals surface area contributed by atoms with Crippen molar-refractivity contribution in [1.29, 1.82) is 0 Å². The first-order valence-electron chi connectivity index (χ1n) is 5.86. The summed E-state index contributed by atoms with van der Waals surface area (Å²) >= 11 is 0. The van der Waals surface area contributed by atoms with E-state index in [0.29, 0.717) is 17.9 Å². The molecule has 0 bridgehead atoms. The van der Waals surface area contributed by atoms with E-state index in [-0.39, 0.29) is 12.0 Å². The van der Waals surface area contributed by atoms with Crippen LogP contribution >= 0.6 is 0 Å². The highest BCUT2D eigenvalue weighted by atomic mass is 16.5. The van der Waals surface area contributed by atoms with Crippen molar-refractivity contribution in [3.05, 3.63) is 24.3 Å². The molecule has 0 aliphatic rings. The van der Waals surface area contributed by atoms with Gasteiger partial charge in [0.1, 0.15) is 5.75 Å². The van der Waals surface area contributed by atoms with E-state index in [4.69, 9.17) is 10.5 Å². The molecule has 3 N–H and O–H groups in total. The van der Waals surface area contributed by atoms with Crippen LogP contribution in [0.1, 0.15) is 27.2 Å². The minimum absolute atomic E-state index is 0.0629. The molecule has 4 heteroatoms. The van der Waals surface area contributed by atoms with E-state index in [1.165, 1.54) is 0 Å². The summed E-state index contributed by atoms with van der Waals surface area (Å²) in [6.07, 6.45) is 0.673. The second-order valence-electron chi connectivity index (χ2n) is 4.17. The highest BCUT2D eigenvalue weighted by Gasteiger charge is 2.13. The fourth-order valence-corrected chi connectivity index (χ4v) is 1.34. The normalized spacial score (nSPS) is 12.3. The molecule has 0 heterocycles. The van der Waals surface area contributed by atoms with Gasteiger partial charge in [-0.2, -0.15) is 0 Å². The molecule has 0 fully saturated rings. The van der Waals surface area contributed by atoms with Gasteiger partial charge in [0.2, 0.25) is 5.91 Å². The number of ether oxygens (including phenoxy) is 1. The molecule has 0 saturated heterocycles. The van der Waals surface area contributed by atoms with Gasteiger partial charge in [-0.3, -0.25) is 4.79 Å². The Kier molecular flexibility index (Phi) is 4.97. The van der Waals surface area contributed by atoms with Gasteiger partial charge in [-0.1, -0.05) is 19.1 Å². The average Bonchev–Trinajstić information content (AvgIpc) is 2.29. The number of rotatable bonds is 5. The predicted octanol–water partition coefficient (Wildman–Crippen LogP) is 2.15. The number of para-hydroxylation sites is 2. The molecule has 0 aromatic heterocycles. The van der Waals surface area contributed by atoms with E-state index in [1.807, 2.05) is 39.0 Å². The van der Waals surface area contributed by atoms with Crippen molar-refractivity contribution in [3.8, 4) is 5.75 Å². The van der Waals surface area contributed by atoms with E-state index >= 15 is 0 Å². The number of benzene rings is 1. The van der Waals surface area contributed by atoms with Gasteiger partial charge in [-0.05, 0) is 32.4 Å². The van der Waals surface area contributed by atoms with Crippen molar-refractivity contribution in [2.45, 2.75) is 39.3 Å². The number of nitrogens with one attached hydrogen (secondary N) is 1. The largest absolute Gasteiger partial charge is 0.489 e. The van der Waals surface area contributed by atoms with Crippen LogP contribution in [0.3, 0.4) is 0 Å². The molecular weight excluding hydrogens is 216 g/mol. The Hall–Kier alpha value is -1.55. The lowest BCUT2D eigenvalue weighted by molar-refractivity contribution is -0.117. The van der Waals surface area contributed by atoms with Crippen molar-refractivity contribution < 1.29 is 9.53 Å². The van der Waals surface area contributed by atoms with E-state index < -0.39 is 6.04 Å². The van der Waals surface area contributed by atoms with Crippen LogP contribution < -0.4 is 15.8 Å². The van der Waals surface area contributed by atoms with Crippen LogP contribution in [0.15, 0.2) is 24.3 Å². The summed E-state index contributed by atoms with van der Waals surface area (Å²) in [6, 6.07) is 6.86. The lowest BCUT2D eigenvalue weighted by Crippen LogP contribution is -2.34. The Morgan fingerprint density at radius 2 is 2.06 bits per heavy atom. The van der Waals surface area contributed by atoms with Gasteiger partial charge in [0, 0.05) is 0 Å². The van der Waals surface area contributed by atoms with Gasteiger partial charge in [-0.25, -0.2) is 0 Å². The van der Waals surface area contributed by atoms with Crippen LogP contribution in [0.4, 0.5) is 5.69 Å². The lowest BCUT2D eigenvalue weighted by atomic mass is 10.2. The van der Waals surface area contributed by atoms with Crippen LogP contribution in [0.25, 0.3) is 0 Å². The first kappa shape index (κ1) is 13.5. The van der Waals surface area contributed by atoms with Crippen LogP contribution in [0.2, 0.25) is 0 Å². The zero-order valence-corrected chi connectivity index (χ0v) is 10.6. The third kappa shape index (κ3) is 4.07. The van der Waals surface area contributed by atoms with Gasteiger partial charge in [0.05, 0.1) is 17.8 Å². The van der Waals surface area contributed by atoms with E-state index in [1.54, 1.807) is 6.07 Å². The molecule has 0 aliphatic heterocycles. The van der Waals surface area contributed by atoms with Gasteiger partial charge in [0.25, 0.3) is 0 Å². The summed E-state index contributed by atoms with van der Waals surface area (Å²) < 4.78 is 5.60. The molecule has 1 aromatic carbocycles. The Labute approximate surface area is 102 Å².